The zero-order valence-electron chi connectivity index (χ0n) is 3.85. The van der Waals surface area contributed by atoms with Gasteiger partial charge in [0.1, 0.15) is 0 Å². The van der Waals surface area contributed by atoms with Gasteiger partial charge in [-0.1, -0.05) is 0 Å². The Balaban J connectivity index is 2.27. The van der Waals surface area contributed by atoms with Crippen molar-refractivity contribution in [1.82, 2.24) is 5.32 Å². The predicted octanol–water partition coefficient (Wildman–Crippen LogP) is -0.195. The monoisotopic (exact) mass is 117 g/mol. The summed E-state index contributed by atoms with van der Waals surface area (Å²) in [6.45, 7) is 0.969. The maximum atomic E-state index is 10.2. The van der Waals surface area contributed by atoms with Crippen LogP contribution in [0.1, 0.15) is 6.42 Å². The molecule has 0 aromatic rings. The third-order valence-corrected chi connectivity index (χ3v) is 1.43. The van der Waals surface area contributed by atoms with Crippen LogP contribution in [0.25, 0.3) is 0 Å². The van der Waals surface area contributed by atoms with Gasteiger partial charge in [0.25, 0.3) is 0 Å². The third-order valence-electron chi connectivity index (χ3n) is 1.12. The molecule has 0 bridgehead atoms. The van der Waals surface area contributed by atoms with E-state index in [-0.39, 0.29) is 11.2 Å². The van der Waals surface area contributed by atoms with Crippen LogP contribution in [0.4, 0.5) is 0 Å². The smallest absolute Gasteiger partial charge is 0.202 e. The van der Waals surface area contributed by atoms with Crippen molar-refractivity contribution < 1.29 is 4.79 Å². The van der Waals surface area contributed by atoms with Crippen LogP contribution in [0.3, 0.4) is 0 Å². The van der Waals surface area contributed by atoms with Crippen LogP contribution in [-0.4, -0.2) is 17.7 Å². The molecule has 0 amide bonds. The standard InChI is InChI=1S/C4H7NOS/c6-4(7)3-1-2-5-3/h3,5H,1-2H2,(H,6,7)/t3-/m0/s1. The molecule has 0 saturated carbocycles. The lowest BCUT2D eigenvalue weighted by Gasteiger charge is -2.23. The normalized spacial score (nSPS) is 29.0. The van der Waals surface area contributed by atoms with Gasteiger partial charge in [-0.05, 0) is 13.0 Å². The van der Waals surface area contributed by atoms with Crippen molar-refractivity contribution in [3.8, 4) is 0 Å². The van der Waals surface area contributed by atoms with Gasteiger partial charge in [-0.15, -0.1) is 12.6 Å². The molecule has 1 rings (SSSR count). The van der Waals surface area contributed by atoms with Crippen LogP contribution in [0.15, 0.2) is 0 Å². The first-order valence-electron chi connectivity index (χ1n) is 2.27. The lowest BCUT2D eigenvalue weighted by Crippen LogP contribution is -2.46. The second kappa shape index (κ2) is 1.84. The van der Waals surface area contributed by atoms with E-state index < -0.39 is 0 Å². The molecule has 40 valence electrons. The minimum absolute atomic E-state index is 0.0359. The fourth-order valence-electron chi connectivity index (χ4n) is 0.499. The van der Waals surface area contributed by atoms with Crippen molar-refractivity contribution in [2.24, 2.45) is 0 Å². The Morgan fingerprint density at radius 3 is 2.43 bits per heavy atom. The highest BCUT2D eigenvalue weighted by Crippen LogP contribution is 2.03. The Hall–Kier alpha value is -0.0200. The van der Waals surface area contributed by atoms with Gasteiger partial charge in [-0.3, -0.25) is 4.79 Å². The van der Waals surface area contributed by atoms with Gasteiger partial charge in [0, 0.05) is 0 Å². The topological polar surface area (TPSA) is 29.1 Å². The molecule has 0 aromatic carbocycles. The summed E-state index contributed by atoms with van der Waals surface area (Å²) in [4.78, 5) is 10.2. The molecule has 7 heavy (non-hydrogen) atoms. The molecule has 0 aliphatic carbocycles. The van der Waals surface area contributed by atoms with Crippen LogP contribution in [-0.2, 0) is 4.79 Å². The van der Waals surface area contributed by atoms with Crippen molar-refractivity contribution in [3.63, 3.8) is 0 Å². The first-order chi connectivity index (χ1) is 3.30. The van der Waals surface area contributed by atoms with Crippen LogP contribution in [0.2, 0.25) is 0 Å². The van der Waals surface area contributed by atoms with E-state index >= 15 is 0 Å². The molecule has 1 aliphatic rings. The van der Waals surface area contributed by atoms with Crippen LogP contribution < -0.4 is 5.32 Å². The summed E-state index contributed by atoms with van der Waals surface area (Å²) in [6.07, 6.45) is 0.961. The summed E-state index contributed by atoms with van der Waals surface area (Å²) in [5.74, 6) is 0. The van der Waals surface area contributed by atoms with Gasteiger partial charge in [0.05, 0.1) is 6.04 Å². The predicted molar refractivity (Wildman–Crippen MR) is 30.4 cm³/mol. The van der Waals surface area contributed by atoms with Crippen molar-refractivity contribution in [3.05, 3.63) is 0 Å². The number of hydrogen-bond donors (Lipinski definition) is 2. The molecular formula is C4H7NOS. The Kier molecular flexibility index (Phi) is 1.35. The summed E-state index contributed by atoms with van der Waals surface area (Å²) >= 11 is 3.62. The van der Waals surface area contributed by atoms with Gasteiger partial charge >= 0.3 is 0 Å². The average Bonchev–Trinajstić information content (AvgIpc) is 1.23. The third kappa shape index (κ3) is 0.951. The Morgan fingerprint density at radius 2 is 2.43 bits per heavy atom. The highest BCUT2D eigenvalue weighted by molar-refractivity contribution is 7.96. The van der Waals surface area contributed by atoms with E-state index in [1.165, 1.54) is 0 Å². The van der Waals surface area contributed by atoms with Gasteiger partial charge in [-0.2, -0.15) is 0 Å². The van der Waals surface area contributed by atoms with Crippen molar-refractivity contribution in [2.45, 2.75) is 12.5 Å². The number of hydrogen-bond acceptors (Lipinski definition) is 2. The summed E-state index contributed by atoms with van der Waals surface area (Å²) in [6, 6.07) is 0.0586. The first-order valence-corrected chi connectivity index (χ1v) is 2.71. The molecule has 0 unspecified atom stereocenters. The molecule has 1 N–H and O–H groups in total. The molecule has 2 nitrogen and oxygen atoms in total. The summed E-state index contributed by atoms with van der Waals surface area (Å²) in [7, 11) is 0. The summed E-state index contributed by atoms with van der Waals surface area (Å²) in [5, 5.41) is 2.88. The maximum Gasteiger partial charge on any atom is 0.202 e. The van der Waals surface area contributed by atoms with Crippen LogP contribution in [0.5, 0.6) is 0 Å². The van der Waals surface area contributed by atoms with Gasteiger partial charge < -0.3 is 5.32 Å². The molecule has 1 atom stereocenters. The van der Waals surface area contributed by atoms with E-state index in [9.17, 15) is 4.79 Å². The van der Waals surface area contributed by atoms with Crippen LogP contribution in [0, 0.1) is 0 Å². The molecule has 0 radical (unpaired) electrons. The zero-order chi connectivity index (χ0) is 5.28. The lowest BCUT2D eigenvalue weighted by atomic mass is 10.1. The van der Waals surface area contributed by atoms with Gasteiger partial charge in [0.15, 0.2) is 0 Å². The number of rotatable bonds is 1. The van der Waals surface area contributed by atoms with Gasteiger partial charge in [0.2, 0.25) is 5.12 Å². The summed E-state index contributed by atoms with van der Waals surface area (Å²) in [5.41, 5.74) is 0. The fourth-order valence-corrected chi connectivity index (χ4v) is 0.720. The molecule has 3 heteroatoms. The van der Waals surface area contributed by atoms with E-state index in [1.807, 2.05) is 0 Å². The molecule has 0 spiro atoms. The van der Waals surface area contributed by atoms with E-state index in [2.05, 4.69) is 17.9 Å². The van der Waals surface area contributed by atoms with E-state index in [4.69, 9.17) is 0 Å². The molecule has 1 heterocycles. The molecular weight excluding hydrogens is 110 g/mol. The highest BCUT2D eigenvalue weighted by Gasteiger charge is 2.20. The quantitative estimate of drug-likeness (QED) is 0.466. The molecule has 0 aromatic heterocycles. The van der Waals surface area contributed by atoms with Crippen molar-refractivity contribution in [2.75, 3.05) is 6.54 Å². The number of carbonyl (C=O) groups is 1. The number of thiol groups is 1. The SMILES string of the molecule is O=C(S)[C@@H]1CCN1. The van der Waals surface area contributed by atoms with E-state index in [1.54, 1.807) is 0 Å². The minimum atomic E-state index is -0.0359. The fraction of sp³-hybridized carbons (Fsp3) is 0.750. The maximum absolute atomic E-state index is 10.2. The highest BCUT2D eigenvalue weighted by atomic mass is 32.1. The number of nitrogens with one attached hydrogen (secondary N) is 1. The van der Waals surface area contributed by atoms with Crippen molar-refractivity contribution in [1.29, 1.82) is 0 Å². The van der Waals surface area contributed by atoms with Gasteiger partial charge in [-0.25, -0.2) is 0 Å². The molecule has 1 saturated heterocycles. The molecule has 1 fully saturated rings. The Bertz CT molecular complexity index is 89.7. The zero-order valence-corrected chi connectivity index (χ0v) is 4.74. The lowest BCUT2D eigenvalue weighted by molar-refractivity contribution is -0.113. The average molecular weight is 117 g/mol. The van der Waals surface area contributed by atoms with Crippen LogP contribution >= 0.6 is 12.6 Å². The van der Waals surface area contributed by atoms with Crippen molar-refractivity contribution >= 4 is 17.7 Å². The minimum Gasteiger partial charge on any atom is -0.307 e. The molecule has 1 aliphatic heterocycles. The first kappa shape index (κ1) is 5.12. The van der Waals surface area contributed by atoms with E-state index in [0.29, 0.717) is 0 Å². The second-order valence-electron chi connectivity index (χ2n) is 1.63. The van der Waals surface area contributed by atoms with E-state index in [0.717, 1.165) is 13.0 Å². The number of carbonyl (C=O) groups excluding carboxylic acids is 1. The Labute approximate surface area is 47.7 Å². The second-order valence-corrected chi connectivity index (χ2v) is 2.07. The summed E-state index contributed by atoms with van der Waals surface area (Å²) < 4.78 is 0. The largest absolute Gasteiger partial charge is 0.307 e. The Morgan fingerprint density at radius 1 is 1.86 bits per heavy atom.